The third-order valence-electron chi connectivity index (χ3n) is 3.95. The van der Waals surface area contributed by atoms with Crippen LogP contribution in [-0.2, 0) is 9.59 Å². The van der Waals surface area contributed by atoms with E-state index in [-0.39, 0.29) is 24.0 Å². The average Bonchev–Trinajstić information content (AvgIpc) is 2.59. The number of imide groups is 1. The van der Waals surface area contributed by atoms with Gasteiger partial charge in [0.05, 0.1) is 11.5 Å². The van der Waals surface area contributed by atoms with E-state index in [2.05, 4.69) is 10.3 Å². The second-order valence-electron chi connectivity index (χ2n) is 6.12. The van der Waals surface area contributed by atoms with Crippen molar-refractivity contribution in [1.29, 1.82) is 0 Å². The van der Waals surface area contributed by atoms with Crippen molar-refractivity contribution in [2.24, 2.45) is 0 Å². The zero-order chi connectivity index (χ0) is 19.4. The van der Waals surface area contributed by atoms with Crippen LogP contribution in [0.3, 0.4) is 0 Å². The molecule has 7 nitrogen and oxygen atoms in total. The van der Waals surface area contributed by atoms with Gasteiger partial charge in [0.2, 0.25) is 11.8 Å². The largest absolute Gasteiger partial charge is 0.489 e. The average molecular weight is 359 g/mol. The molecule has 7 heteroatoms. The number of hydrogen-bond acceptors (Lipinski definition) is 5. The van der Waals surface area contributed by atoms with Gasteiger partial charge >= 0.3 is 0 Å². The van der Waals surface area contributed by atoms with E-state index in [9.17, 15) is 14.4 Å². The fourth-order valence-corrected chi connectivity index (χ4v) is 2.95. The summed E-state index contributed by atoms with van der Waals surface area (Å²) in [6.45, 7) is 9.48. The fourth-order valence-electron chi connectivity index (χ4n) is 2.95. The molecule has 1 saturated heterocycles. The Morgan fingerprint density at radius 3 is 2.54 bits per heavy atom. The first-order chi connectivity index (χ1) is 12.4. The van der Waals surface area contributed by atoms with Crippen LogP contribution in [-0.4, -0.2) is 27.5 Å². The molecule has 3 rings (SSSR count). The van der Waals surface area contributed by atoms with Gasteiger partial charge in [0, 0.05) is 6.42 Å². The molecule has 1 aromatic carbocycles. The van der Waals surface area contributed by atoms with E-state index in [0.717, 1.165) is 0 Å². The number of rotatable bonds is 3. The lowest BCUT2D eigenvalue weighted by atomic mass is 10.1. The molecule has 1 aliphatic heterocycles. The molecule has 1 fully saturated rings. The Bertz CT molecular complexity index is 886. The van der Waals surface area contributed by atoms with E-state index in [1.165, 1.54) is 4.57 Å². The minimum Gasteiger partial charge on any atom is -0.489 e. The molecule has 1 aliphatic rings. The van der Waals surface area contributed by atoms with Gasteiger partial charge in [-0.15, -0.1) is 0 Å². The van der Waals surface area contributed by atoms with Crippen molar-refractivity contribution in [2.75, 3.05) is 0 Å². The summed E-state index contributed by atoms with van der Waals surface area (Å²) in [5.41, 5.74) is 0.179. The van der Waals surface area contributed by atoms with Gasteiger partial charge in [-0.1, -0.05) is 19.9 Å². The van der Waals surface area contributed by atoms with Crippen LogP contribution in [0.15, 0.2) is 23.0 Å². The van der Waals surface area contributed by atoms with Crippen LogP contribution < -0.4 is 15.6 Å². The summed E-state index contributed by atoms with van der Waals surface area (Å²) in [6.07, 6.45) is 0.452. The Kier molecular flexibility index (Phi) is 6.13. The van der Waals surface area contributed by atoms with E-state index >= 15 is 0 Å². The Morgan fingerprint density at radius 1 is 1.23 bits per heavy atom. The molecule has 2 aromatic rings. The number of nitrogens with zero attached hydrogens (tertiary/aromatic N) is 2. The Morgan fingerprint density at radius 2 is 1.92 bits per heavy atom. The lowest BCUT2D eigenvalue weighted by Gasteiger charge is -2.24. The van der Waals surface area contributed by atoms with Gasteiger partial charge in [0.25, 0.3) is 5.56 Å². The third kappa shape index (κ3) is 3.76. The molecule has 0 bridgehead atoms. The number of carbonyl (C=O) groups is 2. The molecule has 0 radical (unpaired) electrons. The van der Waals surface area contributed by atoms with Crippen molar-refractivity contribution in [3.63, 3.8) is 0 Å². The fraction of sp³-hybridized carbons (Fsp3) is 0.474. The molecule has 0 spiro atoms. The number of para-hydroxylation sites is 1. The van der Waals surface area contributed by atoms with E-state index in [4.69, 9.17) is 4.74 Å². The number of fused-ring (bicyclic) bond motifs is 1. The first-order valence-corrected chi connectivity index (χ1v) is 8.90. The highest BCUT2D eigenvalue weighted by atomic mass is 16.5. The summed E-state index contributed by atoms with van der Waals surface area (Å²) in [5.74, 6) is 0.176. The van der Waals surface area contributed by atoms with Gasteiger partial charge in [0.15, 0.2) is 0 Å². The zero-order valence-electron chi connectivity index (χ0n) is 15.8. The van der Waals surface area contributed by atoms with Gasteiger partial charge in [-0.05, 0) is 39.3 Å². The molecule has 1 aromatic heterocycles. The van der Waals surface area contributed by atoms with Gasteiger partial charge in [-0.25, -0.2) is 4.98 Å². The number of aromatic nitrogens is 2. The second kappa shape index (κ2) is 8.12. The molecule has 140 valence electrons. The quantitative estimate of drug-likeness (QED) is 0.851. The minimum absolute atomic E-state index is 0.0460. The topological polar surface area (TPSA) is 90.3 Å². The van der Waals surface area contributed by atoms with Crippen molar-refractivity contribution >= 4 is 22.7 Å². The number of carbonyl (C=O) groups excluding carboxylic acids is 2. The lowest BCUT2D eigenvalue weighted by molar-refractivity contribution is -0.135. The number of aryl methyl sites for hydroxylation is 1. The highest BCUT2D eigenvalue weighted by Crippen LogP contribution is 2.25. The van der Waals surface area contributed by atoms with Crippen molar-refractivity contribution in [3.8, 4) is 5.75 Å². The number of piperidine rings is 1. The van der Waals surface area contributed by atoms with Crippen LogP contribution >= 0.6 is 0 Å². The summed E-state index contributed by atoms with van der Waals surface area (Å²) in [6, 6.07) is 4.44. The molecule has 0 saturated carbocycles. The van der Waals surface area contributed by atoms with Crippen LogP contribution in [0.2, 0.25) is 0 Å². The SMILES string of the molecule is CC.Cc1nc2c(OC(C)C)cccc2c(=O)n1C1CCC(=O)NC1=O. The normalized spacial score (nSPS) is 16.9. The molecular formula is C19H25N3O4. The van der Waals surface area contributed by atoms with Crippen molar-refractivity contribution in [3.05, 3.63) is 34.4 Å². The van der Waals surface area contributed by atoms with Gasteiger partial charge in [0.1, 0.15) is 23.1 Å². The molecule has 1 atom stereocenters. The molecule has 2 amide bonds. The number of nitrogens with one attached hydrogen (secondary N) is 1. The molecule has 2 heterocycles. The number of hydrogen-bond donors (Lipinski definition) is 1. The van der Waals surface area contributed by atoms with Crippen molar-refractivity contribution in [2.45, 2.75) is 59.6 Å². The van der Waals surface area contributed by atoms with E-state index in [0.29, 0.717) is 28.9 Å². The van der Waals surface area contributed by atoms with Crippen molar-refractivity contribution < 1.29 is 14.3 Å². The summed E-state index contributed by atoms with van der Waals surface area (Å²) in [5, 5.41) is 2.67. The summed E-state index contributed by atoms with van der Waals surface area (Å²) in [7, 11) is 0. The maximum atomic E-state index is 12.9. The predicted octanol–water partition coefficient (Wildman–Crippen LogP) is 2.50. The maximum absolute atomic E-state index is 12.9. The highest BCUT2D eigenvalue weighted by Gasteiger charge is 2.30. The maximum Gasteiger partial charge on any atom is 0.262 e. The first kappa shape index (κ1) is 19.6. The van der Waals surface area contributed by atoms with Gasteiger partial charge in [-0.2, -0.15) is 0 Å². The van der Waals surface area contributed by atoms with Crippen LogP contribution in [0, 0.1) is 6.92 Å². The molecule has 0 aliphatic carbocycles. The number of ether oxygens (including phenoxy) is 1. The molecule has 26 heavy (non-hydrogen) atoms. The Balaban J connectivity index is 0.00000117. The third-order valence-corrected chi connectivity index (χ3v) is 3.95. The van der Waals surface area contributed by atoms with Crippen LogP contribution in [0.1, 0.15) is 52.4 Å². The molecular weight excluding hydrogens is 334 g/mol. The van der Waals surface area contributed by atoms with Crippen molar-refractivity contribution in [1.82, 2.24) is 14.9 Å². The van der Waals surface area contributed by atoms with E-state index in [1.807, 2.05) is 27.7 Å². The lowest BCUT2D eigenvalue weighted by Crippen LogP contribution is -2.45. The Labute approximate surface area is 152 Å². The summed E-state index contributed by atoms with van der Waals surface area (Å²) < 4.78 is 7.09. The Hall–Kier alpha value is -2.70. The highest BCUT2D eigenvalue weighted by molar-refractivity contribution is 5.99. The molecule has 1 N–H and O–H groups in total. The van der Waals surface area contributed by atoms with Gasteiger partial charge < -0.3 is 4.74 Å². The summed E-state index contributed by atoms with van der Waals surface area (Å²) in [4.78, 5) is 40.8. The van der Waals surface area contributed by atoms with E-state index < -0.39 is 11.9 Å². The number of amides is 2. The standard InChI is InChI=1S/C17H19N3O4.C2H6/c1-9(2)24-13-6-4-5-11-15(13)18-10(3)20(17(11)23)12-7-8-14(21)19-16(12)22;1-2/h4-6,9,12H,7-8H2,1-3H3,(H,19,21,22);1-2H3. The zero-order valence-corrected chi connectivity index (χ0v) is 15.8. The minimum atomic E-state index is -0.721. The van der Waals surface area contributed by atoms with E-state index in [1.54, 1.807) is 25.1 Å². The molecule has 1 unspecified atom stereocenters. The van der Waals surface area contributed by atoms with Crippen LogP contribution in [0.25, 0.3) is 10.9 Å². The second-order valence-corrected chi connectivity index (χ2v) is 6.12. The van der Waals surface area contributed by atoms with Crippen LogP contribution in [0.4, 0.5) is 0 Å². The summed E-state index contributed by atoms with van der Waals surface area (Å²) >= 11 is 0. The number of benzene rings is 1. The van der Waals surface area contributed by atoms with Gasteiger partial charge in [-0.3, -0.25) is 24.3 Å². The smallest absolute Gasteiger partial charge is 0.262 e. The monoisotopic (exact) mass is 359 g/mol. The first-order valence-electron chi connectivity index (χ1n) is 8.90. The van der Waals surface area contributed by atoms with Crippen LogP contribution in [0.5, 0.6) is 5.75 Å². The predicted molar refractivity (Wildman–Crippen MR) is 99.3 cm³/mol.